The van der Waals surface area contributed by atoms with Crippen molar-refractivity contribution in [1.82, 2.24) is 4.98 Å². The maximum atomic E-state index is 10.6. The van der Waals surface area contributed by atoms with Crippen molar-refractivity contribution in [2.24, 2.45) is 0 Å². The number of nitro groups is 1. The van der Waals surface area contributed by atoms with E-state index >= 15 is 0 Å². The molecule has 0 radical (unpaired) electrons. The van der Waals surface area contributed by atoms with Crippen LogP contribution in [-0.4, -0.2) is 23.1 Å². The highest BCUT2D eigenvalue weighted by Gasteiger charge is 2.12. The number of nitrogens with two attached hydrogens (primary N) is 2. The number of nitrogens with zero attached hydrogens (tertiary/aromatic N) is 2. The fourth-order valence-electron chi connectivity index (χ4n) is 1.63. The van der Waals surface area contributed by atoms with Gasteiger partial charge in [0.05, 0.1) is 11.5 Å². The summed E-state index contributed by atoms with van der Waals surface area (Å²) in [4.78, 5) is 13.9. The number of hydrogen-bond acceptors (Lipinski definition) is 7. The number of benzene rings is 1. The number of ether oxygens (including phenoxy) is 1. The summed E-state index contributed by atoms with van der Waals surface area (Å²) in [5.74, 6) is 1.05. The number of rotatable bonds is 6. The molecule has 0 saturated carbocycles. The molecule has 2 aromatic rings. The zero-order valence-corrected chi connectivity index (χ0v) is 11.2. The van der Waals surface area contributed by atoms with Crippen molar-refractivity contribution in [1.29, 1.82) is 0 Å². The number of nitrogen functional groups attached to an aromatic ring is 2. The molecular formula is C13H15N5O3. The van der Waals surface area contributed by atoms with Gasteiger partial charge in [0.15, 0.2) is 0 Å². The highest BCUT2D eigenvalue weighted by atomic mass is 16.6. The predicted octanol–water partition coefficient (Wildman–Crippen LogP) is 1.65. The van der Waals surface area contributed by atoms with Crippen molar-refractivity contribution < 1.29 is 9.66 Å². The van der Waals surface area contributed by atoms with E-state index in [9.17, 15) is 10.1 Å². The third kappa shape index (κ3) is 3.96. The molecule has 0 aliphatic rings. The topological polar surface area (TPSA) is 129 Å². The van der Waals surface area contributed by atoms with Gasteiger partial charge in [-0.1, -0.05) is 0 Å². The van der Waals surface area contributed by atoms with Crippen molar-refractivity contribution in [3.63, 3.8) is 0 Å². The molecule has 0 spiro atoms. The minimum atomic E-state index is -0.573. The Labute approximate surface area is 120 Å². The standard InChI is InChI=1S/C13H15N5O3/c14-9-1-3-10(4-2-9)21-8-7-16-12-6-5-11(18(19)20)13(15)17-12/h1-6H,7-8,14H2,(H3,15,16,17). The summed E-state index contributed by atoms with van der Waals surface area (Å²) in [6, 6.07) is 9.86. The van der Waals surface area contributed by atoms with Crippen LogP contribution in [0.25, 0.3) is 0 Å². The summed E-state index contributed by atoms with van der Waals surface area (Å²) in [6.07, 6.45) is 0. The lowest BCUT2D eigenvalue weighted by Crippen LogP contribution is -2.13. The first-order chi connectivity index (χ1) is 10.1. The van der Waals surface area contributed by atoms with E-state index in [1.807, 2.05) is 0 Å². The lowest BCUT2D eigenvalue weighted by Gasteiger charge is -2.08. The molecule has 0 aliphatic heterocycles. The van der Waals surface area contributed by atoms with E-state index in [2.05, 4.69) is 10.3 Å². The molecule has 2 rings (SSSR count). The third-order valence-corrected chi connectivity index (χ3v) is 2.66. The molecule has 21 heavy (non-hydrogen) atoms. The Morgan fingerprint density at radius 1 is 1.19 bits per heavy atom. The smallest absolute Gasteiger partial charge is 0.311 e. The first kappa shape index (κ1) is 14.4. The van der Waals surface area contributed by atoms with E-state index in [0.717, 1.165) is 0 Å². The molecule has 1 aromatic carbocycles. The second-order valence-corrected chi connectivity index (χ2v) is 4.20. The molecule has 0 unspecified atom stereocenters. The first-order valence-electron chi connectivity index (χ1n) is 6.19. The van der Waals surface area contributed by atoms with E-state index < -0.39 is 4.92 Å². The first-order valence-corrected chi connectivity index (χ1v) is 6.19. The highest BCUT2D eigenvalue weighted by Crippen LogP contribution is 2.20. The van der Waals surface area contributed by atoms with Crippen molar-refractivity contribution in [2.45, 2.75) is 0 Å². The quantitative estimate of drug-likeness (QED) is 0.319. The van der Waals surface area contributed by atoms with Gasteiger partial charge in [0.1, 0.15) is 18.2 Å². The van der Waals surface area contributed by atoms with Crippen LogP contribution >= 0.6 is 0 Å². The molecular weight excluding hydrogens is 274 g/mol. The maximum absolute atomic E-state index is 10.6. The minimum absolute atomic E-state index is 0.121. The van der Waals surface area contributed by atoms with Crippen LogP contribution in [0, 0.1) is 10.1 Å². The van der Waals surface area contributed by atoms with E-state index in [-0.39, 0.29) is 11.5 Å². The Kier molecular flexibility index (Phi) is 4.39. The van der Waals surface area contributed by atoms with Gasteiger partial charge < -0.3 is 21.5 Å². The molecule has 1 heterocycles. The van der Waals surface area contributed by atoms with E-state index in [0.29, 0.717) is 30.4 Å². The molecule has 0 saturated heterocycles. The van der Waals surface area contributed by atoms with Crippen LogP contribution in [0.1, 0.15) is 0 Å². The summed E-state index contributed by atoms with van der Waals surface area (Å²) in [6.45, 7) is 0.886. The lowest BCUT2D eigenvalue weighted by atomic mass is 10.3. The van der Waals surface area contributed by atoms with Gasteiger partial charge in [0.2, 0.25) is 5.82 Å². The molecule has 8 heteroatoms. The highest BCUT2D eigenvalue weighted by molar-refractivity contribution is 5.57. The Bertz CT molecular complexity index is 630. The van der Waals surface area contributed by atoms with Crippen molar-refractivity contribution >= 4 is 23.0 Å². The fourth-order valence-corrected chi connectivity index (χ4v) is 1.63. The van der Waals surface area contributed by atoms with E-state index in [4.69, 9.17) is 16.2 Å². The lowest BCUT2D eigenvalue weighted by molar-refractivity contribution is -0.384. The Morgan fingerprint density at radius 3 is 2.52 bits per heavy atom. The van der Waals surface area contributed by atoms with E-state index in [1.165, 1.54) is 12.1 Å². The van der Waals surface area contributed by atoms with Crippen LogP contribution in [0.2, 0.25) is 0 Å². The molecule has 0 bridgehead atoms. The number of hydrogen-bond donors (Lipinski definition) is 3. The van der Waals surface area contributed by atoms with Crippen LogP contribution in [-0.2, 0) is 0 Å². The second-order valence-electron chi connectivity index (χ2n) is 4.20. The van der Waals surface area contributed by atoms with Gasteiger partial charge in [-0.3, -0.25) is 10.1 Å². The molecule has 0 aliphatic carbocycles. The molecule has 1 aromatic heterocycles. The number of aromatic nitrogens is 1. The maximum Gasteiger partial charge on any atom is 0.311 e. The Morgan fingerprint density at radius 2 is 1.90 bits per heavy atom. The van der Waals surface area contributed by atoms with Crippen LogP contribution in [0.5, 0.6) is 5.75 Å². The zero-order chi connectivity index (χ0) is 15.2. The van der Waals surface area contributed by atoms with Gasteiger partial charge in [-0.15, -0.1) is 0 Å². The molecule has 110 valence electrons. The summed E-state index contributed by atoms with van der Waals surface area (Å²) >= 11 is 0. The molecule has 5 N–H and O–H groups in total. The summed E-state index contributed by atoms with van der Waals surface area (Å²) in [5.41, 5.74) is 11.5. The number of nitrogens with one attached hydrogen (secondary N) is 1. The minimum Gasteiger partial charge on any atom is -0.492 e. The van der Waals surface area contributed by atoms with Gasteiger partial charge in [-0.2, -0.15) is 0 Å². The van der Waals surface area contributed by atoms with Gasteiger partial charge in [-0.05, 0) is 30.3 Å². The van der Waals surface area contributed by atoms with Crippen molar-refractivity contribution in [2.75, 3.05) is 29.9 Å². The Balaban J connectivity index is 1.82. The van der Waals surface area contributed by atoms with Crippen molar-refractivity contribution in [3.8, 4) is 5.75 Å². The summed E-state index contributed by atoms with van der Waals surface area (Å²) in [5, 5.41) is 13.6. The van der Waals surface area contributed by atoms with Crippen LogP contribution < -0.4 is 21.5 Å². The van der Waals surface area contributed by atoms with Gasteiger partial charge in [-0.25, -0.2) is 4.98 Å². The predicted molar refractivity (Wildman–Crippen MR) is 80.1 cm³/mol. The van der Waals surface area contributed by atoms with Gasteiger partial charge in [0, 0.05) is 11.8 Å². The zero-order valence-electron chi connectivity index (χ0n) is 11.2. The van der Waals surface area contributed by atoms with Gasteiger partial charge >= 0.3 is 5.69 Å². The fraction of sp³-hybridized carbons (Fsp3) is 0.154. The molecule has 0 fully saturated rings. The van der Waals surface area contributed by atoms with Crippen LogP contribution in [0.15, 0.2) is 36.4 Å². The summed E-state index contributed by atoms with van der Waals surface area (Å²) in [7, 11) is 0. The average Bonchev–Trinajstić information content (AvgIpc) is 2.45. The molecule has 8 nitrogen and oxygen atoms in total. The molecule has 0 atom stereocenters. The van der Waals surface area contributed by atoms with Crippen molar-refractivity contribution in [3.05, 3.63) is 46.5 Å². The SMILES string of the molecule is Nc1ccc(OCCNc2ccc([N+](=O)[O-])c(N)n2)cc1. The monoisotopic (exact) mass is 289 g/mol. The summed E-state index contributed by atoms with van der Waals surface area (Å²) < 4.78 is 5.49. The third-order valence-electron chi connectivity index (χ3n) is 2.66. The number of pyridine rings is 1. The van der Waals surface area contributed by atoms with Crippen LogP contribution in [0.4, 0.5) is 23.0 Å². The molecule has 0 amide bonds. The second kappa shape index (κ2) is 6.42. The number of anilines is 3. The van der Waals surface area contributed by atoms with E-state index in [1.54, 1.807) is 24.3 Å². The average molecular weight is 289 g/mol. The van der Waals surface area contributed by atoms with Gasteiger partial charge in [0.25, 0.3) is 0 Å². The Hall–Kier alpha value is -3.03. The normalized spacial score (nSPS) is 10.1. The van der Waals surface area contributed by atoms with Crippen LogP contribution in [0.3, 0.4) is 0 Å². The largest absolute Gasteiger partial charge is 0.492 e.